The number of carbonyl (C=O) groups excluding carboxylic acids is 1. The highest BCUT2D eigenvalue weighted by Crippen LogP contribution is 2.46. The predicted octanol–water partition coefficient (Wildman–Crippen LogP) is 4.62. The second-order valence-electron chi connectivity index (χ2n) is 13.8. The quantitative estimate of drug-likeness (QED) is 0.402. The summed E-state index contributed by atoms with van der Waals surface area (Å²) in [6, 6.07) is 11.2. The number of sulfonamides is 1. The average Bonchev–Trinajstić information content (AvgIpc) is 3.14. The van der Waals surface area contributed by atoms with Gasteiger partial charge < -0.3 is 24.6 Å². The molecule has 1 spiro atoms. The molecule has 9 nitrogen and oxygen atoms in total. The molecular formula is C35H45ClN2O7S. The molecule has 2 aliphatic carbocycles. The van der Waals surface area contributed by atoms with Gasteiger partial charge >= 0.3 is 0 Å². The summed E-state index contributed by atoms with van der Waals surface area (Å²) in [5.41, 5.74) is 3.12. The van der Waals surface area contributed by atoms with Crippen LogP contribution in [-0.4, -0.2) is 75.4 Å². The lowest BCUT2D eigenvalue weighted by molar-refractivity contribution is 0.0455. The fraction of sp³-hybridized carbons (Fsp3) is 0.571. The summed E-state index contributed by atoms with van der Waals surface area (Å²) in [6.45, 7) is 3.56. The molecule has 1 saturated carbocycles. The van der Waals surface area contributed by atoms with E-state index in [4.69, 9.17) is 21.1 Å². The first-order valence-corrected chi connectivity index (χ1v) is 18.3. The Bertz CT molecular complexity index is 1580. The largest absolute Gasteiger partial charge is 0.490 e. The van der Waals surface area contributed by atoms with Crippen molar-refractivity contribution in [2.45, 2.75) is 74.7 Å². The lowest BCUT2D eigenvalue weighted by Gasteiger charge is -2.45. The van der Waals surface area contributed by atoms with Crippen LogP contribution in [0.2, 0.25) is 5.02 Å². The number of rotatable bonds is 4. The van der Waals surface area contributed by atoms with Crippen molar-refractivity contribution in [3.63, 3.8) is 0 Å². The van der Waals surface area contributed by atoms with Crippen LogP contribution in [-0.2, 0) is 26.6 Å². The number of amides is 1. The van der Waals surface area contributed by atoms with Crippen molar-refractivity contribution in [3.8, 4) is 5.75 Å². The molecule has 2 aromatic rings. The van der Waals surface area contributed by atoms with Crippen LogP contribution < -0.4 is 14.4 Å². The number of carbonyl (C=O) groups is 1. The minimum absolute atomic E-state index is 0.0238. The summed E-state index contributed by atoms with van der Waals surface area (Å²) in [5, 5.41) is 21.4. The van der Waals surface area contributed by atoms with E-state index in [9.17, 15) is 23.4 Å². The van der Waals surface area contributed by atoms with Crippen LogP contribution in [0.1, 0.15) is 66.9 Å². The van der Waals surface area contributed by atoms with Crippen molar-refractivity contribution in [2.24, 2.45) is 17.8 Å². The van der Waals surface area contributed by atoms with Crippen LogP contribution in [0.3, 0.4) is 0 Å². The van der Waals surface area contributed by atoms with Crippen LogP contribution in [0.4, 0.5) is 5.69 Å². The van der Waals surface area contributed by atoms with Crippen molar-refractivity contribution in [3.05, 3.63) is 70.3 Å². The topological polar surface area (TPSA) is 125 Å². The number of aliphatic hydroxyl groups is 2. The maximum absolute atomic E-state index is 13.7. The van der Waals surface area contributed by atoms with E-state index in [-0.39, 0.29) is 35.8 Å². The van der Waals surface area contributed by atoms with Gasteiger partial charge in [-0.2, -0.15) is 0 Å². The van der Waals surface area contributed by atoms with Gasteiger partial charge in [0.15, 0.2) is 0 Å². The van der Waals surface area contributed by atoms with Gasteiger partial charge in [-0.1, -0.05) is 36.7 Å². The Hall–Kier alpha value is -2.63. The summed E-state index contributed by atoms with van der Waals surface area (Å²) < 4.78 is 41.3. The smallest absolute Gasteiger partial charge is 0.264 e. The van der Waals surface area contributed by atoms with Gasteiger partial charge in [-0.3, -0.25) is 4.79 Å². The molecule has 0 aromatic heterocycles. The van der Waals surface area contributed by atoms with Crippen LogP contribution in [0, 0.1) is 17.8 Å². The number of benzene rings is 2. The van der Waals surface area contributed by atoms with Gasteiger partial charge in [0.1, 0.15) is 5.75 Å². The van der Waals surface area contributed by atoms with Crippen molar-refractivity contribution in [1.82, 2.24) is 4.72 Å². The summed E-state index contributed by atoms with van der Waals surface area (Å²) in [7, 11) is -2.76. The van der Waals surface area contributed by atoms with Crippen LogP contribution in [0.25, 0.3) is 0 Å². The van der Waals surface area contributed by atoms with Crippen molar-refractivity contribution < 1.29 is 32.9 Å². The number of nitrogens with zero attached hydrogens (tertiary/aromatic N) is 1. The monoisotopic (exact) mass is 672 g/mol. The molecule has 1 amide bonds. The molecule has 2 aromatic carbocycles. The number of allylic oxidation sites excluding steroid dienone is 1. The Labute approximate surface area is 277 Å². The molecule has 3 N–H and O–H groups in total. The Morgan fingerprint density at radius 1 is 1.22 bits per heavy atom. The molecule has 7 atom stereocenters. The third-order valence-electron chi connectivity index (χ3n) is 10.6. The second kappa shape index (κ2) is 13.5. The molecular weight excluding hydrogens is 628 g/mol. The molecule has 2 bridgehead atoms. The van der Waals surface area contributed by atoms with Crippen LogP contribution in [0.15, 0.2) is 48.6 Å². The minimum Gasteiger partial charge on any atom is -0.490 e. The fourth-order valence-corrected chi connectivity index (χ4v) is 9.91. The van der Waals surface area contributed by atoms with E-state index in [1.54, 1.807) is 31.2 Å². The lowest BCUT2D eigenvalue weighted by atomic mass is 9.68. The number of nitrogens with one attached hydrogen (secondary N) is 1. The third-order valence-corrected chi connectivity index (χ3v) is 12.8. The van der Waals surface area contributed by atoms with Gasteiger partial charge in [0.2, 0.25) is 10.0 Å². The van der Waals surface area contributed by atoms with E-state index in [1.807, 2.05) is 12.1 Å². The number of aliphatic hydroxyl groups excluding tert-OH is 2. The summed E-state index contributed by atoms with van der Waals surface area (Å²) in [6.07, 6.45) is 6.98. The number of anilines is 1. The number of fused-ring (bicyclic) bond motifs is 4. The van der Waals surface area contributed by atoms with E-state index in [0.717, 1.165) is 37.8 Å². The normalized spacial score (nSPS) is 32.2. The van der Waals surface area contributed by atoms with E-state index in [0.29, 0.717) is 36.9 Å². The van der Waals surface area contributed by atoms with Crippen molar-refractivity contribution in [1.29, 1.82) is 0 Å². The highest BCUT2D eigenvalue weighted by atomic mass is 35.5. The highest BCUT2D eigenvalue weighted by Gasteiger charge is 2.44. The van der Waals surface area contributed by atoms with Gasteiger partial charge in [0.05, 0.1) is 36.4 Å². The molecule has 46 heavy (non-hydrogen) atoms. The summed E-state index contributed by atoms with van der Waals surface area (Å²) in [5.74, 6) is -0.224. The first kappa shape index (κ1) is 33.3. The standard InChI is InChI=1S/C35H45ClN2O7S/c1-22-5-3-7-31(40)28-11-8-25(28)18-38-20-35(14-4-6-23-15-26(36)10-12-29(23)35)21-45-32-13-9-24(16-30(32)38)34(41)37-46(42,43)33(22)17-27(39)19-44-2/h3,7,9-10,12-13,15-16,22,25,27-28,31,33,39-40H,4-6,8,11,14,17-21H2,1-2H3,(H,37,41)/b7-3+/t22?,25?,27?,28?,31?,33?,35-/m0/s1. The van der Waals surface area contributed by atoms with E-state index < -0.39 is 39.3 Å². The van der Waals surface area contributed by atoms with E-state index in [1.165, 1.54) is 18.2 Å². The SMILES string of the molecule is COCC(O)CC1C(C)C/C=C/C(O)C2CCC2CN2C[C@@]3(CCCc4cc(Cl)ccc43)COc3ccc(cc32)C(=O)NS1(=O)=O. The number of aryl methyl sites for hydroxylation is 1. The Morgan fingerprint density at radius 3 is 2.80 bits per heavy atom. The Morgan fingerprint density at radius 2 is 2.04 bits per heavy atom. The van der Waals surface area contributed by atoms with Gasteiger partial charge in [-0.25, -0.2) is 13.1 Å². The summed E-state index contributed by atoms with van der Waals surface area (Å²) in [4.78, 5) is 15.9. The zero-order valence-corrected chi connectivity index (χ0v) is 28.1. The molecule has 0 saturated heterocycles. The Balaban J connectivity index is 1.40. The minimum atomic E-state index is -4.20. The fourth-order valence-electron chi connectivity index (χ4n) is 7.99. The lowest BCUT2D eigenvalue weighted by Crippen LogP contribution is -2.49. The van der Waals surface area contributed by atoms with E-state index in [2.05, 4.69) is 21.8 Å². The third kappa shape index (κ3) is 6.69. The predicted molar refractivity (Wildman–Crippen MR) is 178 cm³/mol. The number of hydrogen-bond acceptors (Lipinski definition) is 8. The van der Waals surface area contributed by atoms with Gasteiger partial charge in [0, 0.05) is 36.2 Å². The van der Waals surface area contributed by atoms with Crippen LogP contribution >= 0.6 is 11.6 Å². The molecule has 1 fully saturated rings. The number of hydrogen-bond donors (Lipinski definition) is 3. The number of methoxy groups -OCH3 is 1. The van der Waals surface area contributed by atoms with Crippen LogP contribution in [0.5, 0.6) is 5.75 Å². The number of ether oxygens (including phenoxy) is 2. The maximum Gasteiger partial charge on any atom is 0.264 e. The molecule has 6 unspecified atom stereocenters. The van der Waals surface area contributed by atoms with Gasteiger partial charge in [-0.15, -0.1) is 0 Å². The number of halogens is 1. The highest BCUT2D eigenvalue weighted by molar-refractivity contribution is 7.90. The maximum atomic E-state index is 13.7. The zero-order chi connectivity index (χ0) is 32.6. The van der Waals surface area contributed by atoms with Gasteiger partial charge in [-0.05, 0) is 104 Å². The molecule has 6 rings (SSSR count). The molecule has 2 aliphatic heterocycles. The Kier molecular flexibility index (Phi) is 9.75. The summed E-state index contributed by atoms with van der Waals surface area (Å²) >= 11 is 6.40. The molecule has 250 valence electrons. The van der Waals surface area contributed by atoms with Crippen molar-refractivity contribution in [2.75, 3.05) is 38.3 Å². The zero-order valence-electron chi connectivity index (χ0n) is 26.5. The molecule has 2 heterocycles. The van der Waals surface area contributed by atoms with Gasteiger partial charge in [0.25, 0.3) is 5.91 Å². The molecule has 0 radical (unpaired) electrons. The van der Waals surface area contributed by atoms with Crippen molar-refractivity contribution >= 4 is 33.2 Å². The molecule has 4 aliphatic rings. The van der Waals surface area contributed by atoms with E-state index >= 15 is 0 Å². The molecule has 11 heteroatoms. The first-order valence-electron chi connectivity index (χ1n) is 16.4. The average molecular weight is 673 g/mol. The second-order valence-corrected chi connectivity index (χ2v) is 16.1. The first-order chi connectivity index (χ1) is 22.0.